The van der Waals surface area contributed by atoms with Gasteiger partial charge in [-0.05, 0) is 25.1 Å². The molecule has 0 aliphatic carbocycles. The third-order valence-corrected chi connectivity index (χ3v) is 2.80. The minimum absolute atomic E-state index is 0.234. The highest BCUT2D eigenvalue weighted by molar-refractivity contribution is 6.31. The van der Waals surface area contributed by atoms with Crippen LogP contribution in [0.25, 0.3) is 0 Å². The minimum atomic E-state index is -0.234. The number of hydrogen-bond donors (Lipinski definition) is 2. The summed E-state index contributed by atoms with van der Waals surface area (Å²) in [5.41, 5.74) is 1.20. The van der Waals surface area contributed by atoms with Crippen molar-refractivity contribution in [3.8, 4) is 0 Å². The van der Waals surface area contributed by atoms with Gasteiger partial charge in [0, 0.05) is 17.8 Å². The van der Waals surface area contributed by atoms with Gasteiger partial charge in [0.1, 0.15) is 5.76 Å². The van der Waals surface area contributed by atoms with Crippen LogP contribution in [0, 0.1) is 6.92 Å². The molecule has 5 nitrogen and oxygen atoms in total. The van der Waals surface area contributed by atoms with E-state index < -0.39 is 0 Å². The van der Waals surface area contributed by atoms with Gasteiger partial charge in [-0.25, -0.2) is 4.98 Å². The third kappa shape index (κ3) is 3.26. The van der Waals surface area contributed by atoms with Crippen LogP contribution in [0.3, 0.4) is 0 Å². The first-order chi connectivity index (χ1) is 9.10. The highest BCUT2D eigenvalue weighted by atomic mass is 35.5. The van der Waals surface area contributed by atoms with E-state index in [-0.39, 0.29) is 12.5 Å². The summed E-state index contributed by atoms with van der Waals surface area (Å²) >= 11 is 5.90. The molecule has 0 saturated carbocycles. The number of amides is 1. The van der Waals surface area contributed by atoms with Crippen molar-refractivity contribution >= 4 is 23.2 Å². The van der Waals surface area contributed by atoms with Gasteiger partial charge in [0.2, 0.25) is 5.89 Å². The van der Waals surface area contributed by atoms with Crippen LogP contribution in [-0.4, -0.2) is 17.9 Å². The molecule has 2 aromatic rings. The Morgan fingerprint density at radius 2 is 2.26 bits per heavy atom. The minimum Gasteiger partial charge on any atom is -0.444 e. The molecule has 0 atom stereocenters. The SMILES string of the molecule is CNc1ccc(Cl)cc1C(=O)NCc1ncc(C)o1. The van der Waals surface area contributed by atoms with Crippen molar-refractivity contribution in [3.63, 3.8) is 0 Å². The van der Waals surface area contributed by atoms with E-state index in [0.717, 1.165) is 0 Å². The lowest BCUT2D eigenvalue weighted by Crippen LogP contribution is -2.23. The van der Waals surface area contributed by atoms with Gasteiger partial charge in [0.15, 0.2) is 0 Å². The van der Waals surface area contributed by atoms with E-state index in [0.29, 0.717) is 27.9 Å². The molecule has 1 heterocycles. The van der Waals surface area contributed by atoms with Crippen molar-refractivity contribution < 1.29 is 9.21 Å². The van der Waals surface area contributed by atoms with E-state index >= 15 is 0 Å². The lowest BCUT2D eigenvalue weighted by atomic mass is 10.1. The molecule has 19 heavy (non-hydrogen) atoms. The van der Waals surface area contributed by atoms with Crippen LogP contribution in [0.15, 0.2) is 28.8 Å². The number of carbonyl (C=O) groups is 1. The number of benzene rings is 1. The Morgan fingerprint density at radius 1 is 1.47 bits per heavy atom. The normalized spacial score (nSPS) is 10.3. The fraction of sp³-hybridized carbons (Fsp3) is 0.231. The molecule has 0 bridgehead atoms. The molecule has 0 radical (unpaired) electrons. The van der Waals surface area contributed by atoms with Gasteiger partial charge in [0.25, 0.3) is 5.91 Å². The highest BCUT2D eigenvalue weighted by Gasteiger charge is 2.12. The number of hydrogen-bond acceptors (Lipinski definition) is 4. The predicted molar refractivity (Wildman–Crippen MR) is 73.4 cm³/mol. The zero-order valence-corrected chi connectivity index (χ0v) is 11.4. The van der Waals surface area contributed by atoms with Gasteiger partial charge in [-0.3, -0.25) is 4.79 Å². The summed E-state index contributed by atoms with van der Waals surface area (Å²) in [5.74, 6) is 0.949. The standard InChI is InChI=1S/C13H14ClN3O2/c1-8-6-16-12(19-8)7-17-13(18)10-5-9(14)3-4-11(10)15-2/h3-6,15H,7H2,1-2H3,(H,17,18). The first-order valence-corrected chi connectivity index (χ1v) is 6.14. The number of carbonyl (C=O) groups excluding carboxylic acids is 1. The lowest BCUT2D eigenvalue weighted by Gasteiger charge is -2.09. The summed E-state index contributed by atoms with van der Waals surface area (Å²) in [6.07, 6.45) is 1.61. The number of aryl methyl sites for hydroxylation is 1. The van der Waals surface area contributed by atoms with Crippen LogP contribution < -0.4 is 10.6 Å². The largest absolute Gasteiger partial charge is 0.444 e. The second kappa shape index (κ2) is 5.75. The number of halogens is 1. The van der Waals surface area contributed by atoms with Gasteiger partial charge in [0.05, 0.1) is 18.3 Å². The maximum Gasteiger partial charge on any atom is 0.253 e. The Kier molecular flexibility index (Phi) is 4.06. The average Bonchev–Trinajstić information content (AvgIpc) is 2.81. The summed E-state index contributed by atoms with van der Waals surface area (Å²) in [5, 5.41) is 6.19. The van der Waals surface area contributed by atoms with E-state index in [1.165, 1.54) is 0 Å². The van der Waals surface area contributed by atoms with Gasteiger partial charge in [-0.15, -0.1) is 0 Å². The van der Waals surface area contributed by atoms with Crippen LogP contribution >= 0.6 is 11.6 Å². The molecule has 1 aromatic heterocycles. The molecule has 0 fully saturated rings. The summed E-state index contributed by atoms with van der Waals surface area (Å²) in [4.78, 5) is 16.1. The number of rotatable bonds is 4. The van der Waals surface area contributed by atoms with Crippen LogP contribution in [0.4, 0.5) is 5.69 Å². The van der Waals surface area contributed by atoms with Crippen molar-refractivity contribution in [2.75, 3.05) is 12.4 Å². The lowest BCUT2D eigenvalue weighted by molar-refractivity contribution is 0.0948. The summed E-state index contributed by atoms with van der Waals surface area (Å²) in [6.45, 7) is 2.04. The number of nitrogens with one attached hydrogen (secondary N) is 2. The number of nitrogens with zero attached hydrogens (tertiary/aromatic N) is 1. The average molecular weight is 280 g/mol. The quantitative estimate of drug-likeness (QED) is 0.903. The Bertz CT molecular complexity index is 595. The van der Waals surface area contributed by atoms with Crippen molar-refractivity contribution in [2.24, 2.45) is 0 Å². The van der Waals surface area contributed by atoms with Crippen molar-refractivity contribution in [3.05, 3.63) is 46.6 Å². The second-order valence-electron chi connectivity index (χ2n) is 3.99. The Balaban J connectivity index is 2.09. The molecule has 2 rings (SSSR count). The predicted octanol–water partition coefficient (Wildman–Crippen LogP) is 2.61. The van der Waals surface area contributed by atoms with E-state index in [9.17, 15) is 4.79 Å². The number of aromatic nitrogens is 1. The smallest absolute Gasteiger partial charge is 0.253 e. The fourth-order valence-electron chi connectivity index (χ4n) is 1.66. The monoisotopic (exact) mass is 279 g/mol. The summed E-state index contributed by atoms with van der Waals surface area (Å²) in [7, 11) is 1.75. The molecular weight excluding hydrogens is 266 g/mol. The van der Waals surface area contributed by atoms with Crippen molar-refractivity contribution in [1.82, 2.24) is 10.3 Å². The Morgan fingerprint density at radius 3 is 2.89 bits per heavy atom. The molecule has 1 aromatic carbocycles. The highest BCUT2D eigenvalue weighted by Crippen LogP contribution is 2.20. The molecular formula is C13H14ClN3O2. The van der Waals surface area contributed by atoms with Crippen molar-refractivity contribution in [1.29, 1.82) is 0 Å². The van der Waals surface area contributed by atoms with E-state index in [2.05, 4.69) is 15.6 Å². The molecule has 0 spiro atoms. The second-order valence-corrected chi connectivity index (χ2v) is 4.42. The first-order valence-electron chi connectivity index (χ1n) is 5.77. The van der Waals surface area contributed by atoms with E-state index in [1.54, 1.807) is 38.4 Å². The van der Waals surface area contributed by atoms with Crippen LogP contribution in [0.2, 0.25) is 5.02 Å². The maximum absolute atomic E-state index is 12.1. The van der Waals surface area contributed by atoms with Crippen molar-refractivity contribution in [2.45, 2.75) is 13.5 Å². The molecule has 6 heteroatoms. The molecule has 0 saturated heterocycles. The van der Waals surface area contributed by atoms with Gasteiger partial charge in [-0.1, -0.05) is 11.6 Å². The zero-order chi connectivity index (χ0) is 13.8. The zero-order valence-electron chi connectivity index (χ0n) is 10.7. The number of anilines is 1. The summed E-state index contributed by atoms with van der Waals surface area (Å²) < 4.78 is 5.28. The van der Waals surface area contributed by atoms with Crippen LogP contribution in [0.1, 0.15) is 22.0 Å². The molecule has 2 N–H and O–H groups in total. The van der Waals surface area contributed by atoms with Gasteiger partial charge >= 0.3 is 0 Å². The first kappa shape index (κ1) is 13.4. The number of oxazole rings is 1. The molecule has 100 valence electrons. The Hall–Kier alpha value is -2.01. The van der Waals surface area contributed by atoms with E-state index in [4.69, 9.17) is 16.0 Å². The van der Waals surface area contributed by atoms with Crippen LogP contribution in [0.5, 0.6) is 0 Å². The van der Waals surface area contributed by atoms with Gasteiger partial charge in [-0.2, -0.15) is 0 Å². The third-order valence-electron chi connectivity index (χ3n) is 2.56. The molecule has 0 aliphatic rings. The van der Waals surface area contributed by atoms with Gasteiger partial charge < -0.3 is 15.1 Å². The molecule has 0 aliphatic heterocycles. The Labute approximate surface area is 116 Å². The molecule has 0 unspecified atom stereocenters. The molecule has 1 amide bonds. The van der Waals surface area contributed by atoms with E-state index in [1.807, 2.05) is 0 Å². The maximum atomic E-state index is 12.1. The fourth-order valence-corrected chi connectivity index (χ4v) is 1.83. The van der Waals surface area contributed by atoms with Crippen LogP contribution in [-0.2, 0) is 6.54 Å². The topological polar surface area (TPSA) is 67.2 Å². The summed E-state index contributed by atoms with van der Waals surface area (Å²) in [6, 6.07) is 5.09.